The minimum atomic E-state index is -1.08. The molecule has 0 spiro atoms. The predicted molar refractivity (Wildman–Crippen MR) is 469 cm³/mol. The maximum absolute atomic E-state index is 11.6. The van der Waals surface area contributed by atoms with Crippen molar-refractivity contribution in [2.24, 2.45) is 99.5 Å². The molecule has 26 heteroatoms. The third-order valence-corrected chi connectivity index (χ3v) is 14.3. The van der Waals surface area contributed by atoms with Crippen molar-refractivity contribution >= 4 is 35.8 Å². The van der Waals surface area contributed by atoms with Gasteiger partial charge in [-0.15, -0.1) is 0 Å². The smallest absolute Gasteiger partial charge is 0.391 e. The molecule has 3 unspecified atom stereocenters. The number of likely N-dealkylation sites (N-methyl/N-ethyl adjacent to an activating group) is 1. The molecule has 114 heavy (non-hydrogen) atoms. The second kappa shape index (κ2) is 94.5. The van der Waals surface area contributed by atoms with Gasteiger partial charge in [-0.25, -0.2) is 25.8 Å². The Morgan fingerprint density at radius 1 is 0.395 bits per heavy atom. The molecule has 0 aliphatic carbocycles. The van der Waals surface area contributed by atoms with Gasteiger partial charge in [-0.3, -0.25) is 19.2 Å². The van der Waals surface area contributed by atoms with Crippen LogP contribution in [0, 0.1) is 141 Å². The zero-order valence-corrected chi connectivity index (χ0v) is 77.4. The molecule has 0 aliphatic heterocycles. The van der Waals surface area contributed by atoms with E-state index in [1.54, 1.807) is 33.2 Å². The van der Waals surface area contributed by atoms with Crippen LogP contribution in [0.4, 0.5) is 0 Å². The standard InChI is InChI=1S/C14H26N2O2.C11H20N2O2.C10H18N2O2.3C9H13NO2.C6H15N.4C5H13N/c1-11(2)5-7-16-10-13(9-15)14(17)18-8-6-12(3)4;1-9(2)5-6-15-10(14)11(3,7-12)8-13-4;1-8(2)5-6-14-10(13)9(12-4)7-11-3;1-7(2)5-6-12-9(11)8(3)10-4;2*1-7(2)4-5-12-9(11)8(3)6-10;1-6(2)4-5-7-3;1-5(2)4-6-3;3*1-5(2)3-4-6/h11-13,16H,5-8,10H2,1-4H3;9,13H,5-6,8H2,1-4H3;8-9,11H,5-7H2,1-3H3;7H,3,5-6H2,1-2H3;2*7H,3-5H2,1-2H3;6-7H,4-5H2,1-3H3;5-6H,4H2,1-3H3;3*5H,3-4,6H2,1-2H3. The van der Waals surface area contributed by atoms with Gasteiger partial charge in [0.2, 0.25) is 0 Å². The molecule has 0 amide bonds. The summed E-state index contributed by atoms with van der Waals surface area (Å²) in [4.78, 5) is 72.9. The first-order valence-electron chi connectivity index (χ1n) is 41.0. The molecule has 0 saturated heterocycles. The highest BCUT2D eigenvalue weighted by molar-refractivity contribution is 5.92. The molecule has 3 atom stereocenters. The predicted octanol–water partition coefficient (Wildman–Crippen LogP) is 15.2. The number of carbonyl (C=O) groups is 6. The van der Waals surface area contributed by atoms with Gasteiger partial charge in [0.25, 0.3) is 5.70 Å². The zero-order chi connectivity index (χ0) is 91.2. The first kappa shape index (κ1) is 130. The number of nitrogens with zero attached hydrogens (tertiary/aromatic N) is 6. The number of carbonyl (C=O) groups excluding carboxylic acids is 6. The lowest BCUT2D eigenvalue weighted by atomic mass is 9.93. The highest BCUT2D eigenvalue weighted by atomic mass is 16.6. The van der Waals surface area contributed by atoms with E-state index in [0.29, 0.717) is 101 Å². The Morgan fingerprint density at radius 2 is 0.702 bits per heavy atom. The number of nitrogens with two attached hydrogens (primary N) is 3. The Hall–Kier alpha value is -7.34. The summed E-state index contributed by atoms with van der Waals surface area (Å²) in [5, 5.41) is 49.2. The van der Waals surface area contributed by atoms with Crippen LogP contribution in [0.25, 0.3) is 9.69 Å². The molecule has 0 aromatic heterocycles. The molecule has 0 bridgehead atoms. The Bertz CT molecular complexity index is 2450. The lowest BCUT2D eigenvalue weighted by Crippen LogP contribution is -2.37. The van der Waals surface area contributed by atoms with E-state index in [4.69, 9.17) is 79.8 Å². The van der Waals surface area contributed by atoms with Crippen molar-refractivity contribution < 1.29 is 57.2 Å². The number of nitrogens with one attached hydrogen (secondary N) is 5. The van der Waals surface area contributed by atoms with Crippen LogP contribution < -0.4 is 43.8 Å². The van der Waals surface area contributed by atoms with Crippen LogP contribution in [0.3, 0.4) is 0 Å². The van der Waals surface area contributed by atoms with Crippen LogP contribution in [0.5, 0.6) is 0 Å². The quantitative estimate of drug-likeness (QED) is 0.00701. The van der Waals surface area contributed by atoms with Gasteiger partial charge in [0.05, 0.1) is 64.9 Å². The van der Waals surface area contributed by atoms with Gasteiger partial charge in [0.1, 0.15) is 23.3 Å². The maximum Gasteiger partial charge on any atom is 0.391 e. The fraction of sp³-hybridized carbons (Fsp3) is 0.795. The Kier molecular flexibility index (Phi) is 108. The summed E-state index contributed by atoms with van der Waals surface area (Å²) < 4.78 is 29.4. The highest BCUT2D eigenvalue weighted by Gasteiger charge is 2.34. The van der Waals surface area contributed by atoms with Gasteiger partial charge in [0, 0.05) is 13.1 Å². The molecular weight excluding hydrogens is 1450 g/mol. The number of nitriles is 4. The molecule has 0 aliphatic rings. The summed E-state index contributed by atoms with van der Waals surface area (Å²) in [6, 6.07) is 6.54. The van der Waals surface area contributed by atoms with Crippen molar-refractivity contribution in [3.05, 3.63) is 59.4 Å². The van der Waals surface area contributed by atoms with Gasteiger partial charge in [-0.05, 0) is 216 Å². The minimum Gasteiger partial charge on any atom is -0.471 e. The van der Waals surface area contributed by atoms with Crippen molar-refractivity contribution in [2.75, 3.05) is 127 Å². The summed E-state index contributed by atoms with van der Waals surface area (Å²) in [6.45, 7) is 84.3. The van der Waals surface area contributed by atoms with E-state index in [1.165, 1.54) is 6.42 Å². The van der Waals surface area contributed by atoms with E-state index < -0.39 is 53.2 Å². The van der Waals surface area contributed by atoms with Gasteiger partial charge in [-0.2, -0.15) is 21.0 Å². The normalized spacial score (nSPS) is 11.0. The summed E-state index contributed by atoms with van der Waals surface area (Å²) in [6.07, 6.45) is 10.7. The molecule has 0 heterocycles. The lowest BCUT2D eigenvalue weighted by molar-refractivity contribution is -0.152. The van der Waals surface area contributed by atoms with Crippen LogP contribution in [0.1, 0.15) is 244 Å². The fourth-order valence-corrected chi connectivity index (χ4v) is 6.64. The topological polar surface area (TPSA) is 400 Å². The molecule has 0 aromatic carbocycles. The zero-order valence-electron chi connectivity index (χ0n) is 77.4. The van der Waals surface area contributed by atoms with Crippen LogP contribution in [0.15, 0.2) is 36.6 Å². The van der Waals surface area contributed by atoms with Crippen molar-refractivity contribution in [3.8, 4) is 24.3 Å². The number of esters is 6. The number of hydrogen-bond acceptors (Lipinski definition) is 24. The van der Waals surface area contributed by atoms with Crippen LogP contribution in [-0.4, -0.2) is 169 Å². The van der Waals surface area contributed by atoms with Crippen molar-refractivity contribution in [1.82, 2.24) is 26.6 Å². The average Bonchev–Trinajstić information content (AvgIpc) is 0.869. The van der Waals surface area contributed by atoms with E-state index in [0.717, 1.165) is 133 Å². The second-order valence-corrected chi connectivity index (χ2v) is 32.1. The summed E-state index contributed by atoms with van der Waals surface area (Å²) in [5.74, 6) is 3.77. The molecule has 0 radical (unpaired) electrons. The molecule has 11 N–H and O–H groups in total. The average molecular weight is 1620 g/mol. The number of rotatable bonds is 44. The van der Waals surface area contributed by atoms with Gasteiger partial charge in [0.15, 0.2) is 11.3 Å². The van der Waals surface area contributed by atoms with E-state index in [1.807, 2.05) is 67.8 Å². The monoisotopic (exact) mass is 1620 g/mol. The first-order chi connectivity index (χ1) is 53.1. The second-order valence-electron chi connectivity index (χ2n) is 32.1. The first-order valence-corrected chi connectivity index (χ1v) is 41.0. The Morgan fingerprint density at radius 3 is 0.930 bits per heavy atom. The van der Waals surface area contributed by atoms with E-state index in [-0.39, 0.29) is 16.8 Å². The summed E-state index contributed by atoms with van der Waals surface area (Å²) in [7, 11) is 7.37. The van der Waals surface area contributed by atoms with Crippen LogP contribution >= 0.6 is 0 Å². The van der Waals surface area contributed by atoms with Gasteiger partial charge < -0.3 is 72.2 Å². The van der Waals surface area contributed by atoms with Crippen molar-refractivity contribution in [1.29, 1.82) is 21.0 Å². The largest absolute Gasteiger partial charge is 0.471 e. The van der Waals surface area contributed by atoms with E-state index in [2.05, 4.69) is 181 Å². The summed E-state index contributed by atoms with van der Waals surface area (Å²) in [5.41, 5.74) is 14.2. The SMILES string of the molecule is C=C(C#N)C(=O)OCCC(C)C.C=C(C#N)C(=O)OCCC(C)C.CC(C)CCN.CC(C)CCN.CC(C)CCN.CC(C)CCNCC(C#N)C(=O)OCCC(C)C.CNCC(C)(C#N)C(=O)OCCC(C)C.CNCC(C)C.CNCCC(C)C.[C-]#[N+]C(=C)C(=O)OCCC(C)C.[C-]#[N+]C(CNC)C(=O)OCCC(C)C. The summed E-state index contributed by atoms with van der Waals surface area (Å²) >= 11 is 0. The molecule has 0 saturated carbocycles. The van der Waals surface area contributed by atoms with Crippen LogP contribution in [0.2, 0.25) is 0 Å². The Labute approximate surface area is 697 Å². The molecule has 664 valence electrons. The molecule has 26 nitrogen and oxygen atoms in total. The Balaban J connectivity index is -0.000000116. The number of ether oxygens (including phenoxy) is 6. The molecule has 0 rings (SSSR count). The molecule has 0 aromatic rings. The van der Waals surface area contributed by atoms with E-state index in [9.17, 15) is 28.8 Å². The van der Waals surface area contributed by atoms with Gasteiger partial charge in [-0.1, -0.05) is 186 Å². The lowest BCUT2D eigenvalue weighted by Gasteiger charge is -2.19. The highest BCUT2D eigenvalue weighted by Crippen LogP contribution is 2.17. The third kappa shape index (κ3) is 118. The van der Waals surface area contributed by atoms with E-state index >= 15 is 0 Å². The van der Waals surface area contributed by atoms with Crippen molar-refractivity contribution in [3.63, 3.8) is 0 Å². The fourth-order valence-electron chi connectivity index (χ4n) is 6.64. The third-order valence-electron chi connectivity index (χ3n) is 14.3. The maximum atomic E-state index is 11.6. The van der Waals surface area contributed by atoms with Crippen molar-refractivity contribution in [2.45, 2.75) is 250 Å². The minimum absolute atomic E-state index is 0.140. The molecular formula is C88H170N14O12. The number of hydrogen-bond donors (Lipinski definition) is 8. The molecule has 0 fully saturated rings. The van der Waals surface area contributed by atoms with Gasteiger partial charge >= 0.3 is 41.9 Å². The van der Waals surface area contributed by atoms with Crippen LogP contribution in [-0.2, 0) is 57.2 Å².